The number of carboxylic acids is 1. The van der Waals surface area contributed by atoms with Crippen molar-refractivity contribution in [1.29, 1.82) is 0 Å². The summed E-state index contributed by atoms with van der Waals surface area (Å²) >= 11 is 2.86. The summed E-state index contributed by atoms with van der Waals surface area (Å²) in [6.45, 7) is -0.932. The van der Waals surface area contributed by atoms with E-state index >= 15 is 0 Å². The lowest BCUT2D eigenvalue weighted by Gasteiger charge is -2.15. The van der Waals surface area contributed by atoms with E-state index < -0.39 is 41.8 Å². The Morgan fingerprint density at radius 3 is 2.40 bits per heavy atom. The van der Waals surface area contributed by atoms with Crippen molar-refractivity contribution >= 4 is 27.8 Å². The van der Waals surface area contributed by atoms with Gasteiger partial charge in [0, 0.05) is 4.47 Å². The van der Waals surface area contributed by atoms with E-state index in [-0.39, 0.29) is 4.47 Å². The van der Waals surface area contributed by atoms with Crippen LogP contribution in [0, 0.1) is 0 Å². The first-order valence-electron chi connectivity index (χ1n) is 5.18. The minimum atomic E-state index is -4.77. The van der Waals surface area contributed by atoms with Crippen LogP contribution in [0.5, 0.6) is 0 Å². The smallest absolute Gasteiger partial charge is 0.417 e. The third-order valence-corrected chi connectivity index (χ3v) is 2.81. The van der Waals surface area contributed by atoms with E-state index in [0.29, 0.717) is 6.07 Å². The Hall–Kier alpha value is -1.61. The van der Waals surface area contributed by atoms with Crippen LogP contribution < -0.4 is 5.32 Å². The second-order valence-corrected chi connectivity index (χ2v) is 4.65. The van der Waals surface area contributed by atoms with Crippen LogP contribution in [0.15, 0.2) is 22.7 Å². The molecule has 0 unspecified atom stereocenters. The molecule has 5 nitrogen and oxygen atoms in total. The first-order valence-corrected chi connectivity index (χ1v) is 5.97. The van der Waals surface area contributed by atoms with E-state index in [1.807, 2.05) is 5.32 Å². The number of alkyl halides is 3. The summed E-state index contributed by atoms with van der Waals surface area (Å²) in [4.78, 5) is 22.3. The van der Waals surface area contributed by atoms with Crippen molar-refractivity contribution in [2.75, 3.05) is 6.61 Å². The minimum absolute atomic E-state index is 0.123. The van der Waals surface area contributed by atoms with Crippen LogP contribution >= 0.6 is 15.9 Å². The molecule has 0 aromatic heterocycles. The number of hydrogen-bond donors (Lipinski definition) is 3. The lowest BCUT2D eigenvalue weighted by atomic mass is 10.1. The van der Waals surface area contributed by atoms with Crippen molar-refractivity contribution in [2.45, 2.75) is 12.2 Å². The van der Waals surface area contributed by atoms with E-state index in [4.69, 9.17) is 10.2 Å². The van der Waals surface area contributed by atoms with E-state index in [0.717, 1.165) is 6.07 Å². The Morgan fingerprint density at radius 1 is 1.35 bits per heavy atom. The van der Waals surface area contributed by atoms with Crippen molar-refractivity contribution in [2.24, 2.45) is 0 Å². The third-order valence-electron chi connectivity index (χ3n) is 2.32. The maximum absolute atomic E-state index is 12.8. The van der Waals surface area contributed by atoms with E-state index in [9.17, 15) is 22.8 Å². The quantitative estimate of drug-likeness (QED) is 0.766. The van der Waals surface area contributed by atoms with Crippen LogP contribution in [0.4, 0.5) is 13.2 Å². The zero-order valence-corrected chi connectivity index (χ0v) is 11.3. The second kappa shape index (κ2) is 6.23. The number of benzene rings is 1. The van der Waals surface area contributed by atoms with E-state index in [2.05, 4.69) is 15.9 Å². The van der Waals surface area contributed by atoms with Crippen LogP contribution in [-0.4, -0.2) is 34.7 Å². The number of nitrogens with one attached hydrogen (secondary N) is 1. The van der Waals surface area contributed by atoms with E-state index in [1.54, 1.807) is 0 Å². The highest BCUT2D eigenvalue weighted by molar-refractivity contribution is 9.10. The summed E-state index contributed by atoms with van der Waals surface area (Å²) < 4.78 is 38.5. The van der Waals surface area contributed by atoms with Gasteiger partial charge in [-0.25, -0.2) is 4.79 Å². The van der Waals surface area contributed by atoms with Crippen molar-refractivity contribution < 1.29 is 33.0 Å². The highest BCUT2D eigenvalue weighted by atomic mass is 79.9. The summed E-state index contributed by atoms with van der Waals surface area (Å²) in [7, 11) is 0. The van der Waals surface area contributed by atoms with Gasteiger partial charge in [-0.3, -0.25) is 4.79 Å². The van der Waals surface area contributed by atoms with Crippen molar-refractivity contribution in [1.82, 2.24) is 5.32 Å². The highest BCUT2D eigenvalue weighted by Gasteiger charge is 2.36. The van der Waals surface area contributed by atoms with Crippen molar-refractivity contribution in [3.8, 4) is 0 Å². The van der Waals surface area contributed by atoms with Crippen LogP contribution in [-0.2, 0) is 11.0 Å². The molecule has 1 atom stereocenters. The van der Waals surface area contributed by atoms with E-state index in [1.165, 1.54) is 6.07 Å². The Kier molecular flexibility index (Phi) is 5.12. The number of aliphatic hydroxyl groups is 1. The Bertz CT molecular complexity index is 533. The number of carboxylic acid groups (broad SMARTS) is 1. The van der Waals surface area contributed by atoms with Gasteiger partial charge < -0.3 is 15.5 Å². The molecule has 1 aromatic carbocycles. The summed E-state index contributed by atoms with van der Waals surface area (Å²) in [5.41, 5.74) is -1.92. The molecule has 0 saturated heterocycles. The van der Waals surface area contributed by atoms with Gasteiger partial charge >= 0.3 is 12.1 Å². The number of rotatable bonds is 4. The van der Waals surface area contributed by atoms with Gasteiger partial charge in [0.05, 0.1) is 17.7 Å². The molecule has 110 valence electrons. The molecule has 0 aliphatic rings. The van der Waals surface area contributed by atoms with Crippen LogP contribution in [0.3, 0.4) is 0 Å². The maximum atomic E-state index is 12.8. The topological polar surface area (TPSA) is 86.6 Å². The molecule has 0 radical (unpaired) electrons. The zero-order valence-electron chi connectivity index (χ0n) is 9.74. The fourth-order valence-corrected chi connectivity index (χ4v) is 1.73. The minimum Gasteiger partial charge on any atom is -0.480 e. The summed E-state index contributed by atoms with van der Waals surface area (Å²) in [6, 6.07) is 1.17. The molecule has 1 amide bonds. The molecule has 0 aliphatic carbocycles. The predicted molar refractivity (Wildman–Crippen MR) is 65.1 cm³/mol. The molecule has 3 N–H and O–H groups in total. The Balaban J connectivity index is 3.13. The number of carbonyl (C=O) groups excluding carboxylic acids is 1. The van der Waals surface area contributed by atoms with Gasteiger partial charge in [0.15, 0.2) is 6.04 Å². The molecular weight excluding hydrogens is 347 g/mol. The lowest BCUT2D eigenvalue weighted by molar-refractivity contribution is -0.140. The van der Waals surface area contributed by atoms with Crippen LogP contribution in [0.25, 0.3) is 0 Å². The Morgan fingerprint density at radius 2 is 1.95 bits per heavy atom. The summed E-state index contributed by atoms with van der Waals surface area (Å²) in [6.07, 6.45) is -4.77. The number of aliphatic hydroxyl groups excluding tert-OH is 1. The molecule has 1 aromatic rings. The average Bonchev–Trinajstić information content (AvgIpc) is 2.34. The predicted octanol–water partition coefficient (Wildman–Crippen LogP) is 1.64. The molecule has 0 saturated carbocycles. The van der Waals surface area contributed by atoms with Crippen LogP contribution in [0.1, 0.15) is 15.9 Å². The molecule has 0 heterocycles. The molecule has 0 bridgehead atoms. The van der Waals surface area contributed by atoms with Gasteiger partial charge in [0.2, 0.25) is 0 Å². The van der Waals surface area contributed by atoms with Gasteiger partial charge in [0.1, 0.15) is 0 Å². The monoisotopic (exact) mass is 355 g/mol. The van der Waals surface area contributed by atoms with Crippen molar-refractivity contribution in [3.05, 3.63) is 33.8 Å². The van der Waals surface area contributed by atoms with Gasteiger partial charge in [-0.05, 0) is 18.2 Å². The van der Waals surface area contributed by atoms with Gasteiger partial charge in [-0.2, -0.15) is 13.2 Å². The number of amides is 1. The fraction of sp³-hybridized carbons (Fsp3) is 0.273. The molecule has 0 aliphatic heterocycles. The van der Waals surface area contributed by atoms with Crippen molar-refractivity contribution in [3.63, 3.8) is 0 Å². The summed E-state index contributed by atoms with van der Waals surface area (Å²) in [5.74, 6) is -2.78. The largest absolute Gasteiger partial charge is 0.480 e. The fourth-order valence-electron chi connectivity index (χ4n) is 1.37. The number of aliphatic carboxylic acids is 1. The molecule has 0 spiro atoms. The van der Waals surface area contributed by atoms with Gasteiger partial charge in [-0.15, -0.1) is 0 Å². The second-order valence-electron chi connectivity index (χ2n) is 3.73. The third kappa shape index (κ3) is 3.94. The maximum Gasteiger partial charge on any atom is 0.417 e. The molecular formula is C11H9BrF3NO4. The molecule has 9 heteroatoms. The SMILES string of the molecule is O=C(N[C@@H](CO)C(=O)O)c1ccc(Br)cc1C(F)(F)F. The highest BCUT2D eigenvalue weighted by Crippen LogP contribution is 2.33. The molecule has 0 fully saturated rings. The van der Waals surface area contributed by atoms with Crippen LogP contribution in [0.2, 0.25) is 0 Å². The first-order chi connectivity index (χ1) is 9.16. The zero-order chi connectivity index (χ0) is 15.5. The molecule has 20 heavy (non-hydrogen) atoms. The molecule has 1 rings (SSSR count). The standard InChI is InChI=1S/C11H9BrF3NO4/c12-5-1-2-6(7(3-5)11(13,14)15)9(18)16-8(4-17)10(19)20/h1-3,8,17H,4H2,(H,16,18)(H,19,20)/t8-/m0/s1. The Labute approximate surface area is 119 Å². The number of carbonyl (C=O) groups is 2. The normalized spacial score (nSPS) is 12.8. The first kappa shape index (κ1) is 16.4. The average molecular weight is 356 g/mol. The van der Waals surface area contributed by atoms with Gasteiger partial charge in [0.25, 0.3) is 5.91 Å². The number of hydrogen-bond acceptors (Lipinski definition) is 3. The van der Waals surface area contributed by atoms with Gasteiger partial charge in [-0.1, -0.05) is 15.9 Å². The summed E-state index contributed by atoms with van der Waals surface area (Å²) in [5, 5.41) is 19.2. The number of halogens is 4. The lowest BCUT2D eigenvalue weighted by Crippen LogP contribution is -2.43.